The molecule has 1 N–H and O–H groups in total. The van der Waals surface area contributed by atoms with E-state index in [1.54, 1.807) is 0 Å². The van der Waals surface area contributed by atoms with Crippen LogP contribution in [0.2, 0.25) is 0 Å². The number of nitrogens with one attached hydrogen (secondary N) is 1. The minimum Gasteiger partial charge on any atom is -0.314 e. The average molecular weight is 252 g/mol. The Kier molecular flexibility index (Phi) is 3.89. The van der Waals surface area contributed by atoms with E-state index >= 15 is 0 Å². The third kappa shape index (κ3) is 3.02. The summed E-state index contributed by atoms with van der Waals surface area (Å²) >= 11 is 0. The van der Waals surface area contributed by atoms with Crippen molar-refractivity contribution in [2.45, 2.75) is 31.7 Å². The molecule has 1 aliphatic rings. The van der Waals surface area contributed by atoms with Crippen LogP contribution in [0.15, 0.2) is 48.8 Å². The summed E-state index contributed by atoms with van der Waals surface area (Å²) in [6.07, 6.45) is 8.86. The lowest BCUT2D eigenvalue weighted by atomic mass is 9.92. The van der Waals surface area contributed by atoms with E-state index in [0.29, 0.717) is 6.04 Å². The summed E-state index contributed by atoms with van der Waals surface area (Å²) in [6.45, 7) is 1.17. The molecule has 1 aromatic heterocycles. The van der Waals surface area contributed by atoms with E-state index in [2.05, 4.69) is 40.6 Å². The number of hydrogen-bond acceptors (Lipinski definition) is 2. The van der Waals surface area contributed by atoms with Crippen molar-refractivity contribution in [1.82, 2.24) is 10.3 Å². The van der Waals surface area contributed by atoms with E-state index in [9.17, 15) is 0 Å². The number of hydrogen-bond donors (Lipinski definition) is 1. The first-order chi connectivity index (χ1) is 9.43. The summed E-state index contributed by atoms with van der Waals surface area (Å²) in [5.41, 5.74) is 3.96. The molecule has 1 saturated heterocycles. The predicted octanol–water partition coefficient (Wildman–Crippen LogP) is 3.43. The minimum atomic E-state index is 0.631. The molecule has 1 atom stereocenters. The van der Waals surface area contributed by atoms with Gasteiger partial charge in [0.05, 0.1) is 0 Å². The van der Waals surface area contributed by atoms with Gasteiger partial charge in [0.15, 0.2) is 0 Å². The fourth-order valence-electron chi connectivity index (χ4n) is 2.87. The summed E-state index contributed by atoms with van der Waals surface area (Å²) in [5.74, 6) is 0. The lowest BCUT2D eigenvalue weighted by Gasteiger charge is -2.24. The van der Waals surface area contributed by atoms with Gasteiger partial charge >= 0.3 is 0 Å². The van der Waals surface area contributed by atoms with Crippen LogP contribution in [0.4, 0.5) is 0 Å². The van der Waals surface area contributed by atoms with Crippen LogP contribution < -0.4 is 5.32 Å². The lowest BCUT2D eigenvalue weighted by Crippen LogP contribution is -2.35. The first-order valence-electron chi connectivity index (χ1n) is 7.15. The highest BCUT2D eigenvalue weighted by Gasteiger charge is 2.15. The first-order valence-corrected chi connectivity index (χ1v) is 7.15. The average Bonchev–Trinajstić information content (AvgIpc) is 2.50. The number of rotatable bonds is 3. The van der Waals surface area contributed by atoms with Gasteiger partial charge in [0.25, 0.3) is 0 Å². The Labute approximate surface area is 114 Å². The van der Waals surface area contributed by atoms with Crippen LogP contribution in [0.5, 0.6) is 0 Å². The van der Waals surface area contributed by atoms with Crippen LogP contribution in [-0.2, 0) is 6.42 Å². The maximum atomic E-state index is 4.23. The van der Waals surface area contributed by atoms with Crippen molar-refractivity contribution in [3.63, 3.8) is 0 Å². The summed E-state index contributed by atoms with van der Waals surface area (Å²) in [4.78, 5) is 4.23. The van der Waals surface area contributed by atoms with Crippen molar-refractivity contribution in [2.75, 3.05) is 6.54 Å². The van der Waals surface area contributed by atoms with Gasteiger partial charge < -0.3 is 5.32 Å². The van der Waals surface area contributed by atoms with Crippen molar-refractivity contribution < 1.29 is 0 Å². The molecule has 3 rings (SSSR count). The van der Waals surface area contributed by atoms with Crippen LogP contribution in [0.3, 0.4) is 0 Å². The van der Waals surface area contributed by atoms with Gasteiger partial charge in [-0.1, -0.05) is 36.8 Å². The highest BCUT2D eigenvalue weighted by molar-refractivity contribution is 5.66. The molecule has 1 unspecified atom stereocenters. The van der Waals surface area contributed by atoms with Gasteiger partial charge in [0.1, 0.15) is 0 Å². The van der Waals surface area contributed by atoms with Crippen molar-refractivity contribution in [3.8, 4) is 11.1 Å². The molecule has 2 heterocycles. The standard InChI is InChI=1S/C17H20N2/c1-2-9-17(15-7-5-10-18-13-15)14(6-1)12-16-8-3-4-11-19-16/h1-2,5-7,9-10,13,16,19H,3-4,8,11-12H2. The number of aromatic nitrogens is 1. The second-order valence-corrected chi connectivity index (χ2v) is 5.25. The Balaban J connectivity index is 1.85. The molecule has 0 aliphatic carbocycles. The van der Waals surface area contributed by atoms with Gasteiger partial charge in [0, 0.05) is 24.0 Å². The van der Waals surface area contributed by atoms with Crippen molar-refractivity contribution in [2.24, 2.45) is 0 Å². The van der Waals surface area contributed by atoms with E-state index < -0.39 is 0 Å². The lowest BCUT2D eigenvalue weighted by molar-refractivity contribution is 0.399. The number of nitrogens with zero attached hydrogens (tertiary/aromatic N) is 1. The zero-order chi connectivity index (χ0) is 12.9. The number of benzene rings is 1. The fourth-order valence-corrected chi connectivity index (χ4v) is 2.87. The number of piperidine rings is 1. The van der Waals surface area contributed by atoms with Crippen LogP contribution in [0, 0.1) is 0 Å². The van der Waals surface area contributed by atoms with E-state index in [-0.39, 0.29) is 0 Å². The molecule has 2 aromatic rings. The Morgan fingerprint density at radius 2 is 2.05 bits per heavy atom. The maximum Gasteiger partial charge on any atom is 0.0346 e. The monoisotopic (exact) mass is 252 g/mol. The summed E-state index contributed by atoms with van der Waals surface area (Å²) < 4.78 is 0. The minimum absolute atomic E-state index is 0.631. The molecule has 0 radical (unpaired) electrons. The molecular formula is C17H20N2. The van der Waals surface area contributed by atoms with Gasteiger partial charge in [-0.25, -0.2) is 0 Å². The number of pyridine rings is 1. The smallest absolute Gasteiger partial charge is 0.0346 e. The van der Waals surface area contributed by atoms with Crippen LogP contribution in [0.25, 0.3) is 11.1 Å². The molecule has 2 heteroatoms. The topological polar surface area (TPSA) is 24.9 Å². The van der Waals surface area contributed by atoms with E-state index in [4.69, 9.17) is 0 Å². The molecule has 1 aliphatic heterocycles. The third-order valence-electron chi connectivity index (χ3n) is 3.87. The zero-order valence-corrected chi connectivity index (χ0v) is 11.2. The van der Waals surface area contributed by atoms with Crippen LogP contribution in [0.1, 0.15) is 24.8 Å². The first kappa shape index (κ1) is 12.4. The molecule has 0 amide bonds. The molecule has 1 fully saturated rings. The van der Waals surface area contributed by atoms with Crippen molar-refractivity contribution in [1.29, 1.82) is 0 Å². The largest absolute Gasteiger partial charge is 0.314 e. The molecule has 0 bridgehead atoms. The fraction of sp³-hybridized carbons (Fsp3) is 0.353. The molecule has 19 heavy (non-hydrogen) atoms. The molecule has 2 nitrogen and oxygen atoms in total. The molecule has 98 valence electrons. The van der Waals surface area contributed by atoms with Gasteiger partial charge in [-0.05, 0) is 43.0 Å². The van der Waals surface area contributed by atoms with Gasteiger partial charge in [-0.15, -0.1) is 0 Å². The predicted molar refractivity (Wildman–Crippen MR) is 79.0 cm³/mol. The quantitative estimate of drug-likeness (QED) is 0.905. The highest BCUT2D eigenvalue weighted by atomic mass is 14.9. The third-order valence-corrected chi connectivity index (χ3v) is 3.87. The molecule has 1 aromatic carbocycles. The van der Waals surface area contributed by atoms with Crippen LogP contribution in [-0.4, -0.2) is 17.6 Å². The second kappa shape index (κ2) is 5.98. The zero-order valence-electron chi connectivity index (χ0n) is 11.2. The molecular weight excluding hydrogens is 232 g/mol. The summed E-state index contributed by atoms with van der Waals surface area (Å²) in [7, 11) is 0. The van der Waals surface area contributed by atoms with E-state index in [1.807, 2.05) is 18.5 Å². The second-order valence-electron chi connectivity index (χ2n) is 5.25. The Morgan fingerprint density at radius 1 is 1.11 bits per heavy atom. The van der Waals surface area contributed by atoms with Gasteiger partial charge in [0.2, 0.25) is 0 Å². The van der Waals surface area contributed by atoms with Gasteiger partial charge in [-0.2, -0.15) is 0 Å². The molecule has 0 spiro atoms. The van der Waals surface area contributed by atoms with Crippen molar-refractivity contribution in [3.05, 3.63) is 54.4 Å². The van der Waals surface area contributed by atoms with Gasteiger partial charge in [-0.3, -0.25) is 4.98 Å². The summed E-state index contributed by atoms with van der Waals surface area (Å²) in [6, 6.07) is 13.5. The SMILES string of the molecule is c1cncc(-c2ccccc2CC2CCCCN2)c1. The van der Waals surface area contributed by atoms with E-state index in [0.717, 1.165) is 6.42 Å². The van der Waals surface area contributed by atoms with Crippen molar-refractivity contribution >= 4 is 0 Å². The Bertz CT molecular complexity index is 516. The normalized spacial score (nSPS) is 19.3. The maximum absolute atomic E-state index is 4.23. The van der Waals surface area contributed by atoms with E-state index in [1.165, 1.54) is 42.5 Å². The molecule has 0 saturated carbocycles. The highest BCUT2D eigenvalue weighted by Crippen LogP contribution is 2.25. The Hall–Kier alpha value is -1.67. The van der Waals surface area contributed by atoms with Crippen LogP contribution >= 0.6 is 0 Å². The summed E-state index contributed by atoms with van der Waals surface area (Å²) in [5, 5.41) is 3.63. The Morgan fingerprint density at radius 3 is 2.84 bits per heavy atom.